The van der Waals surface area contributed by atoms with Crippen LogP contribution in [0.1, 0.15) is 17.3 Å². The average Bonchev–Trinajstić information content (AvgIpc) is 2.49. The highest BCUT2D eigenvalue weighted by Gasteiger charge is 2.23. The van der Waals surface area contributed by atoms with Crippen molar-refractivity contribution >= 4 is 23.2 Å². The number of ether oxygens (including phenoxy) is 1. The minimum Gasteiger partial charge on any atom is -0.479 e. The molecule has 22 heavy (non-hydrogen) atoms. The summed E-state index contributed by atoms with van der Waals surface area (Å²) >= 11 is 0. The van der Waals surface area contributed by atoms with Gasteiger partial charge in [-0.3, -0.25) is 14.4 Å². The number of pyridine rings is 1. The van der Waals surface area contributed by atoms with Crippen molar-refractivity contribution in [2.75, 3.05) is 10.6 Å². The van der Waals surface area contributed by atoms with Crippen LogP contribution in [-0.4, -0.2) is 22.9 Å². The Kier molecular flexibility index (Phi) is 3.38. The van der Waals surface area contributed by atoms with E-state index in [2.05, 4.69) is 15.6 Å². The van der Waals surface area contributed by atoms with Crippen LogP contribution >= 0.6 is 0 Å². The number of aromatic nitrogens is 1. The number of rotatable bonds is 2. The quantitative estimate of drug-likeness (QED) is 0.779. The van der Waals surface area contributed by atoms with Gasteiger partial charge in [0.25, 0.3) is 11.8 Å². The van der Waals surface area contributed by atoms with Gasteiger partial charge in [-0.25, -0.2) is 0 Å². The first-order chi connectivity index (χ1) is 10.5. The number of H-pyrrole nitrogens is 1. The van der Waals surface area contributed by atoms with Gasteiger partial charge in [-0.2, -0.15) is 0 Å². The topological polar surface area (TPSA) is 100 Å². The number of hydrogen-bond acceptors (Lipinski definition) is 4. The summed E-state index contributed by atoms with van der Waals surface area (Å²) in [5.41, 5.74) is 1.06. The minimum atomic E-state index is -0.547. The fourth-order valence-corrected chi connectivity index (χ4v) is 2.04. The Hall–Kier alpha value is -3.09. The van der Waals surface area contributed by atoms with E-state index in [1.54, 1.807) is 25.1 Å². The maximum absolute atomic E-state index is 12.1. The monoisotopic (exact) mass is 299 g/mol. The van der Waals surface area contributed by atoms with E-state index in [1.807, 2.05) is 0 Å². The number of anilines is 2. The molecule has 0 bridgehead atoms. The standard InChI is InChI=1S/C15H13N3O4/c1-8-14(20)18-11-6-10(3-4-12(11)22-8)17-15(21)9-2-5-13(19)16-7-9/h2-8H,1H3,(H,16,19)(H,17,21)(H,18,20). The summed E-state index contributed by atoms with van der Waals surface area (Å²) in [5.74, 6) is -0.0571. The highest BCUT2D eigenvalue weighted by molar-refractivity contribution is 6.05. The van der Waals surface area contributed by atoms with Crippen LogP contribution < -0.4 is 20.9 Å². The Bertz CT molecular complexity index is 792. The van der Waals surface area contributed by atoms with E-state index in [9.17, 15) is 14.4 Å². The molecule has 0 radical (unpaired) electrons. The summed E-state index contributed by atoms with van der Waals surface area (Å²) in [6, 6.07) is 7.67. The number of carbonyl (C=O) groups excluding carboxylic acids is 2. The molecule has 1 unspecified atom stereocenters. The Balaban J connectivity index is 1.80. The first kappa shape index (κ1) is 13.9. The van der Waals surface area contributed by atoms with Gasteiger partial charge in [0.15, 0.2) is 6.10 Å². The van der Waals surface area contributed by atoms with Gasteiger partial charge in [0.1, 0.15) is 5.75 Å². The van der Waals surface area contributed by atoms with Gasteiger partial charge < -0.3 is 20.4 Å². The molecule has 7 heteroatoms. The molecule has 0 saturated heterocycles. The maximum Gasteiger partial charge on any atom is 0.265 e. The molecule has 0 fully saturated rings. The molecule has 2 amide bonds. The van der Waals surface area contributed by atoms with Gasteiger partial charge in [0.2, 0.25) is 5.56 Å². The van der Waals surface area contributed by atoms with Gasteiger partial charge in [-0.15, -0.1) is 0 Å². The summed E-state index contributed by atoms with van der Waals surface area (Å²) < 4.78 is 5.44. The predicted octanol–water partition coefficient (Wildman–Crippen LogP) is 1.35. The molecule has 3 N–H and O–H groups in total. The number of carbonyl (C=O) groups is 2. The second-order valence-electron chi connectivity index (χ2n) is 4.86. The van der Waals surface area contributed by atoms with Crippen LogP contribution in [0.2, 0.25) is 0 Å². The van der Waals surface area contributed by atoms with E-state index in [0.29, 0.717) is 22.7 Å². The van der Waals surface area contributed by atoms with Gasteiger partial charge in [-0.1, -0.05) is 0 Å². The van der Waals surface area contributed by atoms with Crippen molar-refractivity contribution in [3.05, 3.63) is 52.4 Å². The SMILES string of the molecule is CC1Oc2ccc(NC(=O)c3ccc(=O)[nH]c3)cc2NC1=O. The van der Waals surface area contributed by atoms with E-state index < -0.39 is 6.10 Å². The Morgan fingerprint density at radius 2 is 2.05 bits per heavy atom. The third-order valence-electron chi connectivity index (χ3n) is 3.21. The normalized spacial score (nSPS) is 16.2. The van der Waals surface area contributed by atoms with Gasteiger partial charge in [0.05, 0.1) is 11.3 Å². The number of hydrogen-bond donors (Lipinski definition) is 3. The Labute approximate surface area is 125 Å². The second kappa shape index (κ2) is 5.36. The first-order valence-corrected chi connectivity index (χ1v) is 6.64. The summed E-state index contributed by atoms with van der Waals surface area (Å²) in [6.07, 6.45) is 0.789. The number of benzene rings is 1. The van der Waals surface area contributed by atoms with E-state index >= 15 is 0 Å². The van der Waals surface area contributed by atoms with Crippen molar-refractivity contribution < 1.29 is 14.3 Å². The molecule has 1 aliphatic rings. The first-order valence-electron chi connectivity index (χ1n) is 6.64. The molecule has 1 aliphatic heterocycles. The van der Waals surface area contributed by atoms with Crippen LogP contribution in [0.5, 0.6) is 5.75 Å². The lowest BCUT2D eigenvalue weighted by Crippen LogP contribution is -2.34. The second-order valence-corrected chi connectivity index (χ2v) is 4.86. The van der Waals surface area contributed by atoms with Crippen LogP contribution in [0.15, 0.2) is 41.3 Å². The zero-order chi connectivity index (χ0) is 15.7. The highest BCUT2D eigenvalue weighted by Crippen LogP contribution is 2.32. The molecule has 3 rings (SSSR count). The van der Waals surface area contributed by atoms with E-state index in [0.717, 1.165) is 0 Å². The Morgan fingerprint density at radius 1 is 1.23 bits per heavy atom. The molecule has 112 valence electrons. The number of nitrogens with one attached hydrogen (secondary N) is 3. The van der Waals surface area contributed by atoms with Crippen molar-refractivity contribution in [3.8, 4) is 5.75 Å². The molecule has 7 nitrogen and oxygen atoms in total. The lowest BCUT2D eigenvalue weighted by atomic mass is 10.2. The summed E-state index contributed by atoms with van der Waals surface area (Å²) in [6.45, 7) is 1.66. The largest absolute Gasteiger partial charge is 0.479 e. The summed E-state index contributed by atoms with van der Waals surface area (Å²) in [4.78, 5) is 37.1. The zero-order valence-corrected chi connectivity index (χ0v) is 11.7. The van der Waals surface area contributed by atoms with Crippen LogP contribution in [0.25, 0.3) is 0 Å². The highest BCUT2D eigenvalue weighted by atomic mass is 16.5. The maximum atomic E-state index is 12.1. The molecular weight excluding hydrogens is 286 g/mol. The number of amides is 2. The molecule has 1 aromatic carbocycles. The third kappa shape index (κ3) is 2.69. The van der Waals surface area contributed by atoms with Crippen molar-refractivity contribution in [2.45, 2.75) is 13.0 Å². The molecule has 0 aliphatic carbocycles. The number of aromatic amines is 1. The van der Waals surface area contributed by atoms with Crippen molar-refractivity contribution in [1.29, 1.82) is 0 Å². The fourth-order valence-electron chi connectivity index (χ4n) is 2.04. The van der Waals surface area contributed by atoms with Crippen LogP contribution in [0.3, 0.4) is 0 Å². The lowest BCUT2D eigenvalue weighted by Gasteiger charge is -2.23. The molecule has 1 aromatic heterocycles. The average molecular weight is 299 g/mol. The van der Waals surface area contributed by atoms with Crippen LogP contribution in [0, 0.1) is 0 Å². The van der Waals surface area contributed by atoms with Crippen LogP contribution in [-0.2, 0) is 4.79 Å². The summed E-state index contributed by atoms with van der Waals surface area (Å²) in [7, 11) is 0. The van der Waals surface area contributed by atoms with Crippen molar-refractivity contribution in [1.82, 2.24) is 4.98 Å². The molecule has 2 heterocycles. The van der Waals surface area contributed by atoms with Gasteiger partial charge >= 0.3 is 0 Å². The number of fused-ring (bicyclic) bond motifs is 1. The summed E-state index contributed by atoms with van der Waals surface area (Å²) in [5, 5.41) is 5.39. The molecule has 0 spiro atoms. The third-order valence-corrected chi connectivity index (χ3v) is 3.21. The molecule has 0 saturated carbocycles. The van der Waals surface area contributed by atoms with Crippen LogP contribution in [0.4, 0.5) is 11.4 Å². The van der Waals surface area contributed by atoms with E-state index in [-0.39, 0.29) is 17.4 Å². The van der Waals surface area contributed by atoms with Crippen molar-refractivity contribution in [2.24, 2.45) is 0 Å². The lowest BCUT2D eigenvalue weighted by molar-refractivity contribution is -0.122. The fraction of sp³-hybridized carbons (Fsp3) is 0.133. The van der Waals surface area contributed by atoms with E-state index in [1.165, 1.54) is 18.3 Å². The molecular formula is C15H13N3O4. The van der Waals surface area contributed by atoms with E-state index in [4.69, 9.17) is 4.74 Å². The van der Waals surface area contributed by atoms with Crippen molar-refractivity contribution in [3.63, 3.8) is 0 Å². The minimum absolute atomic E-state index is 0.239. The zero-order valence-electron chi connectivity index (χ0n) is 11.7. The molecule has 2 aromatic rings. The predicted molar refractivity (Wildman–Crippen MR) is 80.2 cm³/mol. The van der Waals surface area contributed by atoms with Gasteiger partial charge in [0, 0.05) is 18.0 Å². The van der Waals surface area contributed by atoms with Gasteiger partial charge in [-0.05, 0) is 31.2 Å². The molecule has 1 atom stereocenters. The smallest absolute Gasteiger partial charge is 0.265 e. The Morgan fingerprint density at radius 3 is 2.77 bits per heavy atom.